The first-order valence-electron chi connectivity index (χ1n) is 9.82. The molecule has 0 fully saturated rings. The number of methoxy groups -OCH3 is 1. The van der Waals surface area contributed by atoms with Crippen molar-refractivity contribution in [3.05, 3.63) is 46.5 Å². The van der Waals surface area contributed by atoms with Gasteiger partial charge in [-0.3, -0.25) is 9.59 Å². The summed E-state index contributed by atoms with van der Waals surface area (Å²) < 4.78 is 17.1. The van der Waals surface area contributed by atoms with Gasteiger partial charge < -0.3 is 29.7 Å². The summed E-state index contributed by atoms with van der Waals surface area (Å²) >= 11 is 0. The minimum absolute atomic E-state index is 0.129. The summed E-state index contributed by atoms with van der Waals surface area (Å²) in [6, 6.07) is 6.84. The van der Waals surface area contributed by atoms with Crippen molar-refractivity contribution < 1.29 is 23.8 Å². The molecule has 0 radical (unpaired) electrons. The summed E-state index contributed by atoms with van der Waals surface area (Å²) in [4.78, 5) is 26.3. The van der Waals surface area contributed by atoms with Crippen LogP contribution in [0.1, 0.15) is 34.0 Å². The van der Waals surface area contributed by atoms with Crippen molar-refractivity contribution in [3.63, 3.8) is 0 Å². The lowest BCUT2D eigenvalue weighted by molar-refractivity contribution is -0.114. The maximum atomic E-state index is 12.8. The zero-order valence-corrected chi connectivity index (χ0v) is 17.3. The Morgan fingerprint density at radius 3 is 2.77 bits per heavy atom. The van der Waals surface area contributed by atoms with E-state index in [9.17, 15) is 9.59 Å². The summed E-state index contributed by atoms with van der Waals surface area (Å²) in [6.45, 7) is 3.53. The van der Waals surface area contributed by atoms with Crippen LogP contribution in [-0.2, 0) is 24.3 Å². The quantitative estimate of drug-likeness (QED) is 0.785. The molecule has 158 valence electrons. The molecule has 0 bridgehead atoms. The minimum atomic E-state index is -0.229. The number of nitrogens with one attached hydrogen (secondary N) is 2. The fourth-order valence-electron chi connectivity index (χ4n) is 4.00. The van der Waals surface area contributed by atoms with Crippen LogP contribution >= 0.6 is 0 Å². The van der Waals surface area contributed by atoms with Crippen molar-refractivity contribution in [2.75, 3.05) is 32.8 Å². The number of hydrogen-bond donors (Lipinski definition) is 2. The van der Waals surface area contributed by atoms with Crippen LogP contribution < -0.4 is 24.8 Å². The highest BCUT2D eigenvalue weighted by atomic mass is 16.7. The Kier molecular flexibility index (Phi) is 5.50. The standard InChI is InChI=1S/C22H25N3O5/c1-13(26)24-15-6-4-5-14(9-15)22(27)23-10-17-16-7-8-25(2)11-18(16)19(28-3)21-20(17)29-12-30-21/h4-6,9H,7-8,10-12H2,1-3H3,(H,23,27)(H,24,26). The van der Waals surface area contributed by atoms with Crippen molar-refractivity contribution >= 4 is 17.5 Å². The number of hydrogen-bond acceptors (Lipinski definition) is 6. The number of ether oxygens (including phenoxy) is 3. The summed E-state index contributed by atoms with van der Waals surface area (Å²) in [6.07, 6.45) is 0.835. The van der Waals surface area contributed by atoms with E-state index in [0.717, 1.165) is 36.2 Å². The van der Waals surface area contributed by atoms with Crippen LogP contribution in [0.4, 0.5) is 5.69 Å². The van der Waals surface area contributed by atoms with Gasteiger partial charge in [0, 0.05) is 48.9 Å². The van der Waals surface area contributed by atoms with Gasteiger partial charge in [-0.05, 0) is 37.2 Å². The Hall–Kier alpha value is -3.26. The lowest BCUT2D eigenvalue weighted by atomic mass is 9.92. The van der Waals surface area contributed by atoms with Crippen LogP contribution in [-0.4, -0.2) is 44.2 Å². The molecular weight excluding hydrogens is 386 g/mol. The molecule has 4 rings (SSSR count). The molecule has 2 aromatic carbocycles. The number of carbonyl (C=O) groups excluding carboxylic acids is 2. The van der Waals surface area contributed by atoms with E-state index in [1.54, 1.807) is 31.4 Å². The SMILES string of the molecule is COc1c2c(c(CNC(=O)c3cccc(NC(C)=O)c3)c3c1OCO3)CCN(C)C2. The smallest absolute Gasteiger partial charge is 0.251 e. The predicted octanol–water partition coefficient (Wildman–Crippen LogP) is 2.30. The molecule has 0 saturated carbocycles. The monoisotopic (exact) mass is 411 g/mol. The van der Waals surface area contributed by atoms with E-state index in [-0.39, 0.29) is 18.6 Å². The van der Waals surface area contributed by atoms with Gasteiger partial charge in [-0.15, -0.1) is 0 Å². The van der Waals surface area contributed by atoms with Crippen molar-refractivity contribution in [2.45, 2.75) is 26.4 Å². The lowest BCUT2D eigenvalue weighted by Crippen LogP contribution is -2.30. The first kappa shape index (κ1) is 20.0. The van der Waals surface area contributed by atoms with Gasteiger partial charge in [0.05, 0.1) is 7.11 Å². The summed E-state index contributed by atoms with van der Waals surface area (Å²) in [5, 5.41) is 5.67. The summed E-state index contributed by atoms with van der Waals surface area (Å²) in [5.41, 5.74) is 4.20. The lowest BCUT2D eigenvalue weighted by Gasteiger charge is -2.29. The molecule has 2 aromatic rings. The van der Waals surface area contributed by atoms with E-state index >= 15 is 0 Å². The molecule has 2 heterocycles. The maximum absolute atomic E-state index is 12.8. The largest absolute Gasteiger partial charge is 0.492 e. The molecule has 0 aliphatic carbocycles. The average molecular weight is 411 g/mol. The Labute approximate surface area is 175 Å². The normalized spacial score (nSPS) is 14.8. The Morgan fingerprint density at radius 1 is 1.20 bits per heavy atom. The number of carbonyl (C=O) groups is 2. The van der Waals surface area contributed by atoms with E-state index in [2.05, 4.69) is 22.6 Å². The van der Waals surface area contributed by atoms with Gasteiger partial charge in [0.1, 0.15) is 0 Å². The van der Waals surface area contributed by atoms with Gasteiger partial charge in [-0.25, -0.2) is 0 Å². The third-order valence-electron chi connectivity index (χ3n) is 5.34. The van der Waals surface area contributed by atoms with Gasteiger partial charge >= 0.3 is 0 Å². The third-order valence-corrected chi connectivity index (χ3v) is 5.34. The number of nitrogens with zero attached hydrogens (tertiary/aromatic N) is 1. The molecule has 30 heavy (non-hydrogen) atoms. The van der Waals surface area contributed by atoms with Crippen LogP contribution in [0, 0.1) is 0 Å². The Bertz CT molecular complexity index is 1000. The molecule has 0 unspecified atom stereocenters. The van der Waals surface area contributed by atoms with E-state index in [4.69, 9.17) is 14.2 Å². The number of rotatable bonds is 5. The maximum Gasteiger partial charge on any atom is 0.251 e. The summed E-state index contributed by atoms with van der Waals surface area (Å²) in [5.74, 6) is 1.54. The molecular formula is C22H25N3O5. The molecule has 0 aromatic heterocycles. The van der Waals surface area contributed by atoms with Crippen LogP contribution in [0.15, 0.2) is 24.3 Å². The second kappa shape index (κ2) is 8.23. The van der Waals surface area contributed by atoms with Crippen LogP contribution in [0.3, 0.4) is 0 Å². The van der Waals surface area contributed by atoms with Gasteiger partial charge in [0.25, 0.3) is 5.91 Å². The van der Waals surface area contributed by atoms with Gasteiger partial charge in [0.15, 0.2) is 11.5 Å². The van der Waals surface area contributed by atoms with E-state index in [1.165, 1.54) is 6.92 Å². The Balaban J connectivity index is 1.61. The zero-order valence-electron chi connectivity index (χ0n) is 17.3. The Morgan fingerprint density at radius 2 is 2.00 bits per heavy atom. The number of amides is 2. The van der Waals surface area contributed by atoms with E-state index in [0.29, 0.717) is 35.0 Å². The molecule has 8 heteroatoms. The predicted molar refractivity (Wildman–Crippen MR) is 111 cm³/mol. The number of anilines is 1. The number of fused-ring (bicyclic) bond motifs is 2. The van der Waals surface area contributed by atoms with E-state index in [1.807, 2.05) is 0 Å². The zero-order chi connectivity index (χ0) is 21.3. The van der Waals surface area contributed by atoms with Gasteiger partial charge in [-0.1, -0.05) is 6.07 Å². The summed E-state index contributed by atoms with van der Waals surface area (Å²) in [7, 11) is 3.70. The first-order valence-corrected chi connectivity index (χ1v) is 9.82. The molecule has 2 N–H and O–H groups in total. The topological polar surface area (TPSA) is 89.1 Å². The van der Waals surface area contributed by atoms with Gasteiger partial charge in [0.2, 0.25) is 18.4 Å². The van der Waals surface area contributed by atoms with Crippen molar-refractivity contribution in [1.29, 1.82) is 0 Å². The van der Waals surface area contributed by atoms with Crippen molar-refractivity contribution in [2.24, 2.45) is 0 Å². The highest BCUT2D eigenvalue weighted by Crippen LogP contribution is 2.49. The van der Waals surface area contributed by atoms with Crippen LogP contribution in [0.5, 0.6) is 17.2 Å². The number of likely N-dealkylation sites (N-methyl/N-ethyl adjacent to an activating group) is 1. The average Bonchev–Trinajstić information content (AvgIpc) is 3.20. The third kappa shape index (κ3) is 3.78. The van der Waals surface area contributed by atoms with E-state index < -0.39 is 0 Å². The molecule has 8 nitrogen and oxygen atoms in total. The first-order chi connectivity index (χ1) is 14.5. The second-order valence-corrected chi connectivity index (χ2v) is 7.47. The van der Waals surface area contributed by atoms with Gasteiger partial charge in [-0.2, -0.15) is 0 Å². The van der Waals surface area contributed by atoms with Crippen molar-refractivity contribution in [3.8, 4) is 17.2 Å². The van der Waals surface area contributed by atoms with Crippen LogP contribution in [0.25, 0.3) is 0 Å². The molecule has 2 aliphatic rings. The number of benzene rings is 2. The highest BCUT2D eigenvalue weighted by Gasteiger charge is 2.32. The van der Waals surface area contributed by atoms with Crippen LogP contribution in [0.2, 0.25) is 0 Å². The fourth-order valence-corrected chi connectivity index (χ4v) is 4.00. The molecule has 2 amide bonds. The fraction of sp³-hybridized carbons (Fsp3) is 0.364. The second-order valence-electron chi connectivity index (χ2n) is 7.47. The minimum Gasteiger partial charge on any atom is -0.492 e. The molecule has 2 aliphatic heterocycles. The molecule has 0 spiro atoms. The molecule has 0 saturated heterocycles. The molecule has 0 atom stereocenters. The highest BCUT2D eigenvalue weighted by molar-refractivity contribution is 5.96. The van der Waals surface area contributed by atoms with Crippen molar-refractivity contribution in [1.82, 2.24) is 10.2 Å².